The number of nitrogens with zero attached hydrogens (tertiary/aromatic N) is 1. The van der Waals surface area contributed by atoms with E-state index in [2.05, 4.69) is 152 Å². The quantitative estimate of drug-likeness (QED) is 0.142. The fourth-order valence-electron chi connectivity index (χ4n) is 8.58. The van der Waals surface area contributed by atoms with Crippen LogP contribution in [0.1, 0.15) is 47.6 Å². The van der Waals surface area contributed by atoms with Crippen molar-refractivity contribution in [2.75, 3.05) is 0 Å². The maximum absolute atomic E-state index is 13.1. The van der Waals surface area contributed by atoms with Gasteiger partial charge in [-0.05, 0) is 74.7 Å². The van der Waals surface area contributed by atoms with Gasteiger partial charge in [-0.1, -0.05) is 135 Å². The van der Waals surface area contributed by atoms with Gasteiger partial charge in [0, 0.05) is 39.2 Å². The Balaban J connectivity index is 1.20. The van der Waals surface area contributed by atoms with Crippen LogP contribution in [0, 0.1) is 0 Å². The van der Waals surface area contributed by atoms with Crippen molar-refractivity contribution in [3.8, 4) is 16.8 Å². The zero-order chi connectivity index (χ0) is 33.6. The normalized spacial score (nSPS) is 15.0. The van der Waals surface area contributed by atoms with Crippen LogP contribution in [0.2, 0.25) is 0 Å². The van der Waals surface area contributed by atoms with E-state index in [9.17, 15) is 4.79 Å². The summed E-state index contributed by atoms with van der Waals surface area (Å²) in [6.45, 7) is 4.70. The Morgan fingerprint density at radius 2 is 1.18 bits per heavy atom. The first-order valence-electron chi connectivity index (χ1n) is 17.3. The van der Waals surface area contributed by atoms with Crippen molar-refractivity contribution < 1.29 is 4.42 Å². The molecule has 0 aliphatic heterocycles. The molecule has 0 N–H and O–H groups in total. The van der Waals surface area contributed by atoms with Gasteiger partial charge < -0.3 is 8.98 Å². The molecule has 50 heavy (non-hydrogen) atoms. The summed E-state index contributed by atoms with van der Waals surface area (Å²) in [6.07, 6.45) is 0. The largest absolute Gasteiger partial charge is 0.422 e. The van der Waals surface area contributed by atoms with E-state index >= 15 is 0 Å². The minimum atomic E-state index is -0.313. The van der Waals surface area contributed by atoms with Gasteiger partial charge in [0.2, 0.25) is 0 Å². The Labute approximate surface area is 289 Å². The lowest BCUT2D eigenvalue weighted by atomic mass is 9.64. The molecule has 0 amide bonds. The van der Waals surface area contributed by atoms with Crippen LogP contribution in [0.4, 0.5) is 0 Å². The summed E-state index contributed by atoms with van der Waals surface area (Å²) in [4.78, 5) is 13.1. The van der Waals surface area contributed by atoms with Crippen molar-refractivity contribution in [3.63, 3.8) is 0 Å². The zero-order valence-electron chi connectivity index (χ0n) is 27.9. The summed E-state index contributed by atoms with van der Waals surface area (Å²) >= 11 is 0. The molecule has 10 rings (SSSR count). The number of rotatable bonds is 3. The summed E-state index contributed by atoms with van der Waals surface area (Å²) in [5.41, 5.74) is 12.4. The summed E-state index contributed by atoms with van der Waals surface area (Å²) < 4.78 is 8.30. The molecule has 0 spiro atoms. The lowest BCUT2D eigenvalue weighted by Gasteiger charge is -2.40. The average Bonchev–Trinajstić information content (AvgIpc) is 3.48. The Bertz CT molecular complexity index is 2860. The van der Waals surface area contributed by atoms with Crippen molar-refractivity contribution in [3.05, 3.63) is 196 Å². The first-order valence-corrected chi connectivity index (χ1v) is 17.3. The van der Waals surface area contributed by atoms with E-state index in [4.69, 9.17) is 4.42 Å². The molecule has 0 bridgehead atoms. The fourth-order valence-corrected chi connectivity index (χ4v) is 8.58. The van der Waals surface area contributed by atoms with Crippen LogP contribution in [-0.2, 0) is 5.41 Å². The second-order valence-electron chi connectivity index (χ2n) is 14.1. The third-order valence-electron chi connectivity index (χ3n) is 11.0. The fraction of sp³-hybridized carbons (Fsp3) is 0.0851. The van der Waals surface area contributed by atoms with Gasteiger partial charge >= 0.3 is 5.63 Å². The summed E-state index contributed by atoms with van der Waals surface area (Å²) in [6, 6.07) is 56.2. The molecular formula is C47H33NO2. The van der Waals surface area contributed by atoms with Crippen LogP contribution in [0.3, 0.4) is 0 Å². The highest BCUT2D eigenvalue weighted by Gasteiger charge is 2.38. The van der Waals surface area contributed by atoms with Crippen molar-refractivity contribution >= 4 is 43.5 Å². The molecule has 1 atom stereocenters. The smallest absolute Gasteiger partial charge is 0.344 e. The molecule has 0 saturated carbocycles. The molecule has 0 radical (unpaired) electrons. The van der Waals surface area contributed by atoms with Gasteiger partial charge in [-0.2, -0.15) is 0 Å². The topological polar surface area (TPSA) is 35.1 Å². The third kappa shape index (κ3) is 4.13. The van der Waals surface area contributed by atoms with Crippen LogP contribution in [-0.4, -0.2) is 4.57 Å². The van der Waals surface area contributed by atoms with E-state index in [0.29, 0.717) is 11.0 Å². The van der Waals surface area contributed by atoms with Crippen LogP contribution in [0.25, 0.3) is 60.4 Å². The number of aromatic nitrogens is 1. The van der Waals surface area contributed by atoms with Gasteiger partial charge in [0.1, 0.15) is 5.58 Å². The third-order valence-corrected chi connectivity index (χ3v) is 11.0. The monoisotopic (exact) mass is 643 g/mol. The first kappa shape index (κ1) is 28.8. The second-order valence-corrected chi connectivity index (χ2v) is 14.1. The van der Waals surface area contributed by atoms with Crippen molar-refractivity contribution in [2.24, 2.45) is 0 Å². The van der Waals surface area contributed by atoms with Gasteiger partial charge in [-0.15, -0.1) is 0 Å². The number of hydrogen-bond donors (Lipinski definition) is 0. The Hall–Kier alpha value is -6.19. The van der Waals surface area contributed by atoms with Gasteiger partial charge in [-0.25, -0.2) is 4.79 Å². The number of benzene rings is 7. The molecule has 1 aliphatic rings. The van der Waals surface area contributed by atoms with Gasteiger partial charge in [0.15, 0.2) is 0 Å². The van der Waals surface area contributed by atoms with Crippen LogP contribution >= 0.6 is 0 Å². The molecule has 0 saturated heterocycles. The minimum absolute atomic E-state index is 0.109. The van der Waals surface area contributed by atoms with Crippen LogP contribution in [0.5, 0.6) is 0 Å². The van der Waals surface area contributed by atoms with Gasteiger partial charge in [0.25, 0.3) is 0 Å². The van der Waals surface area contributed by atoms with Crippen molar-refractivity contribution in [1.82, 2.24) is 4.57 Å². The van der Waals surface area contributed by atoms with E-state index < -0.39 is 0 Å². The number of para-hydroxylation sites is 1. The van der Waals surface area contributed by atoms with E-state index in [1.807, 2.05) is 24.3 Å². The Morgan fingerprint density at radius 3 is 2.00 bits per heavy atom. The predicted molar refractivity (Wildman–Crippen MR) is 206 cm³/mol. The molecule has 3 nitrogen and oxygen atoms in total. The van der Waals surface area contributed by atoms with E-state index in [0.717, 1.165) is 32.9 Å². The maximum atomic E-state index is 13.1. The van der Waals surface area contributed by atoms with Crippen molar-refractivity contribution in [1.29, 1.82) is 0 Å². The lowest BCUT2D eigenvalue weighted by molar-refractivity contribution is 0.570. The average molecular weight is 644 g/mol. The molecule has 0 fully saturated rings. The molecule has 238 valence electrons. The molecule has 1 aliphatic carbocycles. The zero-order valence-corrected chi connectivity index (χ0v) is 27.9. The van der Waals surface area contributed by atoms with E-state index in [-0.39, 0.29) is 17.0 Å². The van der Waals surface area contributed by atoms with Crippen LogP contribution in [0.15, 0.2) is 167 Å². The van der Waals surface area contributed by atoms with Crippen LogP contribution < -0.4 is 5.63 Å². The summed E-state index contributed by atoms with van der Waals surface area (Å²) in [5.74, 6) is 0.109. The number of fused-ring (bicyclic) bond motifs is 8. The summed E-state index contributed by atoms with van der Waals surface area (Å²) in [7, 11) is 0. The summed E-state index contributed by atoms with van der Waals surface area (Å²) in [5, 5.41) is 4.75. The predicted octanol–water partition coefficient (Wildman–Crippen LogP) is 11.5. The minimum Gasteiger partial charge on any atom is -0.422 e. The van der Waals surface area contributed by atoms with Gasteiger partial charge in [0.05, 0.1) is 16.4 Å². The lowest BCUT2D eigenvalue weighted by Crippen LogP contribution is -2.30. The Kier molecular flexibility index (Phi) is 6.13. The molecule has 3 heteroatoms. The first-order chi connectivity index (χ1) is 24.5. The SMILES string of the molecule is CC1(C)c2ccccc2C(c2ccc(-c3ccccc3)cc2)c2ccc(-n3c4ccccc4c4cc5c(cc43)oc(=O)c3ccccc35)cc21. The highest BCUT2D eigenvalue weighted by Crippen LogP contribution is 2.50. The molecule has 1 unspecified atom stereocenters. The second kappa shape index (κ2) is 10.7. The van der Waals surface area contributed by atoms with E-state index in [1.165, 1.54) is 44.3 Å². The van der Waals surface area contributed by atoms with Crippen molar-refractivity contribution in [2.45, 2.75) is 25.2 Å². The Morgan fingerprint density at radius 1 is 0.520 bits per heavy atom. The highest BCUT2D eigenvalue weighted by molar-refractivity contribution is 6.16. The van der Waals surface area contributed by atoms with Gasteiger partial charge in [-0.3, -0.25) is 0 Å². The molecule has 7 aromatic carbocycles. The molecule has 9 aromatic rings. The maximum Gasteiger partial charge on any atom is 0.344 e. The number of hydrogen-bond acceptors (Lipinski definition) is 2. The standard InChI is InChI=1S/C47H33NO2/c1-47(2)40-18-10-8-17-36(40)45(31-22-20-30(21-23-31)29-12-4-3-5-13-29)37-25-24-32(26-41(37)47)48-42-19-11-9-15-34(42)38-27-39-33-14-6-7-16-35(33)46(49)50-44(39)28-43(38)48/h3-28,45H,1-2H3. The van der Waals surface area contributed by atoms with E-state index in [1.54, 1.807) is 0 Å². The molecular weight excluding hydrogens is 611 g/mol. The molecule has 2 heterocycles. The highest BCUT2D eigenvalue weighted by atomic mass is 16.4. The molecule has 2 aromatic heterocycles.